The largest absolute Gasteiger partial charge is 0.222 e. The van der Waals surface area contributed by atoms with Crippen molar-refractivity contribution >= 4 is 0 Å². The van der Waals surface area contributed by atoms with Crippen molar-refractivity contribution in [3.05, 3.63) is 214 Å². The van der Waals surface area contributed by atoms with Crippen LogP contribution in [0.5, 0.6) is 0 Å². The molecular formula is C40H32Cl2O8. The molecule has 50 heavy (non-hydrogen) atoms. The fourth-order valence-electron chi connectivity index (χ4n) is 5.79. The molecule has 0 heterocycles. The molecule has 0 saturated carbocycles. The minimum Gasteiger partial charge on any atom is -0.222 e. The molecule has 0 amide bonds. The maximum Gasteiger partial charge on any atom is 0.0676 e. The normalized spacial score (nSPS) is 11.0. The molecule has 6 aromatic carbocycles. The molecular weight excluding hydrogens is 679 g/mol. The third-order valence-corrected chi connectivity index (χ3v) is 7.58. The van der Waals surface area contributed by atoms with Crippen LogP contribution in [0.2, 0.25) is 0 Å². The van der Waals surface area contributed by atoms with Crippen LogP contribution in [-0.2, 0) is 0 Å². The van der Waals surface area contributed by atoms with Gasteiger partial charge in [0.2, 0.25) is 0 Å². The molecule has 10 heteroatoms. The van der Waals surface area contributed by atoms with Crippen LogP contribution in [0.1, 0.15) is 44.5 Å². The lowest BCUT2D eigenvalue weighted by molar-refractivity contribution is -2.00. The van der Waals surface area contributed by atoms with Crippen LogP contribution < -0.4 is 37.3 Å². The van der Waals surface area contributed by atoms with Gasteiger partial charge in [0.1, 0.15) is 0 Å². The molecule has 0 aliphatic carbocycles. The van der Waals surface area contributed by atoms with Crippen LogP contribution in [0.4, 0.5) is 0 Å². The van der Waals surface area contributed by atoms with E-state index in [1.165, 1.54) is 67.5 Å². The van der Waals surface area contributed by atoms with Gasteiger partial charge < -0.3 is 0 Å². The number of halogens is 2. The van der Waals surface area contributed by atoms with E-state index in [1.807, 2.05) is 0 Å². The highest BCUT2D eigenvalue weighted by Crippen LogP contribution is 2.44. The second-order valence-electron chi connectivity index (χ2n) is 11.0. The van der Waals surface area contributed by atoms with Crippen molar-refractivity contribution in [2.75, 3.05) is 0 Å². The first-order valence-corrected chi connectivity index (χ1v) is 17.6. The zero-order chi connectivity index (χ0) is 36.3. The molecule has 6 aromatic rings. The van der Waals surface area contributed by atoms with Crippen molar-refractivity contribution < 1.29 is 57.8 Å². The Kier molecular flexibility index (Phi) is 13.2. The van der Waals surface area contributed by atoms with E-state index >= 15 is 0 Å². The number of hydrogen-bond acceptors (Lipinski definition) is 8. The molecule has 0 aliphatic heterocycles. The summed E-state index contributed by atoms with van der Waals surface area (Å²) in [5.74, 6) is 2.49. The van der Waals surface area contributed by atoms with Crippen molar-refractivity contribution in [3.63, 3.8) is 0 Å². The second kappa shape index (κ2) is 17.3. The van der Waals surface area contributed by atoms with Crippen molar-refractivity contribution in [1.29, 1.82) is 0 Å². The molecule has 0 atom stereocenters. The first-order chi connectivity index (χ1) is 23.7. The maximum absolute atomic E-state index is 8.49. The minimum atomic E-state index is -4.94. The quantitative estimate of drug-likeness (QED) is 0.169. The molecule has 0 aliphatic rings. The van der Waals surface area contributed by atoms with E-state index in [-0.39, 0.29) is 0 Å². The van der Waals surface area contributed by atoms with Gasteiger partial charge in [-0.1, -0.05) is 24.3 Å². The summed E-state index contributed by atoms with van der Waals surface area (Å²) in [5, 5.41) is 0. The van der Waals surface area contributed by atoms with Crippen LogP contribution in [0.25, 0.3) is 11.1 Å². The summed E-state index contributed by atoms with van der Waals surface area (Å²) in [5.41, 5.74) is 12.4. The minimum absolute atomic E-state index is 1.21. The Morgan fingerprint density at radius 1 is 0.320 bits per heavy atom. The highest BCUT2D eigenvalue weighted by atomic mass is 35.7. The first kappa shape index (κ1) is 38.1. The molecule has 0 aromatic heterocycles. The standard InChI is InChI=1S/C40H32.2ClHO4/c1-29-17-15-27-35(39(31-19-7-3-8-20-31)32-21-9-4-10-22-32)37(29)38-30(2)18-16-28-36(38)40(33-23-11-5-12-24-33)34-25-13-6-14-26-34;2*2-1(3,4)5/h3-28H,1-2H3;2*(H,2,3,4,5)/q+2;;/p-2. The van der Waals surface area contributed by atoms with Gasteiger partial charge in [-0.05, 0) is 158 Å². The average molecular weight is 712 g/mol. The Morgan fingerprint density at radius 3 is 0.760 bits per heavy atom. The van der Waals surface area contributed by atoms with Crippen LogP contribution in [0.15, 0.2) is 158 Å². The Labute approximate surface area is 295 Å². The Hall–Kier alpha value is -4.68. The molecule has 254 valence electrons. The summed E-state index contributed by atoms with van der Waals surface area (Å²) in [6.07, 6.45) is 0. The highest BCUT2D eigenvalue weighted by Gasteiger charge is 2.33. The van der Waals surface area contributed by atoms with E-state index in [1.54, 1.807) is 0 Å². The van der Waals surface area contributed by atoms with Gasteiger partial charge in [-0.15, -0.1) is 20.5 Å². The lowest BCUT2D eigenvalue weighted by atomic mass is 9.75. The van der Waals surface area contributed by atoms with Gasteiger partial charge in [-0.2, -0.15) is 0 Å². The summed E-state index contributed by atoms with van der Waals surface area (Å²) in [6.45, 7) is 4.49. The monoisotopic (exact) mass is 710 g/mol. The fourth-order valence-corrected chi connectivity index (χ4v) is 5.79. The number of benzene rings is 6. The molecule has 0 unspecified atom stereocenters. The highest BCUT2D eigenvalue weighted by molar-refractivity contribution is 5.84. The first-order valence-electron chi connectivity index (χ1n) is 15.1. The van der Waals surface area contributed by atoms with Crippen molar-refractivity contribution in [1.82, 2.24) is 0 Å². The predicted molar refractivity (Wildman–Crippen MR) is 168 cm³/mol. The van der Waals surface area contributed by atoms with E-state index < -0.39 is 20.5 Å². The van der Waals surface area contributed by atoms with Gasteiger partial charge in [0, 0.05) is 0 Å². The van der Waals surface area contributed by atoms with Crippen molar-refractivity contribution in [3.8, 4) is 11.1 Å². The predicted octanol–water partition coefficient (Wildman–Crippen LogP) is 0.497. The second-order valence-corrected chi connectivity index (χ2v) is 12.5. The van der Waals surface area contributed by atoms with Gasteiger partial charge in [0.15, 0.2) is 0 Å². The van der Waals surface area contributed by atoms with Crippen LogP contribution in [-0.4, -0.2) is 0 Å². The summed E-state index contributed by atoms with van der Waals surface area (Å²) < 4.78 is 67.9. The van der Waals surface area contributed by atoms with E-state index in [2.05, 4.69) is 172 Å². The van der Waals surface area contributed by atoms with E-state index in [4.69, 9.17) is 37.3 Å². The van der Waals surface area contributed by atoms with E-state index in [0.717, 1.165) is 0 Å². The lowest BCUT2D eigenvalue weighted by Gasteiger charge is -2.22. The van der Waals surface area contributed by atoms with Crippen LogP contribution in [0, 0.1) is 46.2 Å². The molecule has 0 bridgehead atoms. The van der Waals surface area contributed by atoms with Gasteiger partial charge in [-0.25, -0.2) is 37.3 Å². The summed E-state index contributed by atoms with van der Waals surface area (Å²) in [6, 6.07) is 56.6. The average Bonchev–Trinajstić information content (AvgIpc) is 3.06. The molecule has 6 rings (SSSR count). The molecule has 0 spiro atoms. The van der Waals surface area contributed by atoms with Crippen LogP contribution in [0.3, 0.4) is 0 Å². The zero-order valence-corrected chi connectivity index (χ0v) is 28.5. The third-order valence-electron chi connectivity index (χ3n) is 7.58. The third kappa shape index (κ3) is 11.2. The lowest BCUT2D eigenvalue weighted by Crippen LogP contribution is -2.68. The number of rotatable bonds is 7. The van der Waals surface area contributed by atoms with Crippen LogP contribution >= 0.6 is 0 Å². The van der Waals surface area contributed by atoms with Gasteiger partial charge >= 0.3 is 0 Å². The number of aryl methyl sites for hydroxylation is 2. The van der Waals surface area contributed by atoms with E-state index in [9.17, 15) is 0 Å². The Morgan fingerprint density at radius 2 is 0.540 bits per heavy atom. The van der Waals surface area contributed by atoms with Gasteiger partial charge in [0.25, 0.3) is 0 Å². The SMILES string of the molecule is Cc1cccc([C+](c2ccccc2)c2ccccc2)c1-c1c(C)cccc1[C+](c1ccccc1)c1ccccc1.[O-][Cl+3]([O-])([O-])[O-].[O-][Cl+3]([O-])([O-])[O-]. The van der Waals surface area contributed by atoms with Crippen molar-refractivity contribution in [2.45, 2.75) is 13.8 Å². The smallest absolute Gasteiger partial charge is 0.0676 e. The summed E-state index contributed by atoms with van der Waals surface area (Å²) in [4.78, 5) is 0. The number of hydrogen-bond donors (Lipinski definition) is 0. The molecule has 0 N–H and O–H groups in total. The molecule has 0 radical (unpaired) electrons. The zero-order valence-electron chi connectivity index (χ0n) is 27.0. The topological polar surface area (TPSA) is 184 Å². The Balaban J connectivity index is 0.000000496. The summed E-state index contributed by atoms with van der Waals surface area (Å²) >= 11 is 0. The van der Waals surface area contributed by atoms with E-state index in [0.29, 0.717) is 0 Å². The maximum atomic E-state index is 8.49. The molecule has 8 nitrogen and oxygen atoms in total. The van der Waals surface area contributed by atoms with Gasteiger partial charge in [-0.3, -0.25) is 0 Å². The van der Waals surface area contributed by atoms with Crippen molar-refractivity contribution in [2.24, 2.45) is 0 Å². The molecule has 0 fully saturated rings. The van der Waals surface area contributed by atoms with Gasteiger partial charge in [0.05, 0.1) is 56.3 Å². The molecule has 0 saturated heterocycles. The summed E-state index contributed by atoms with van der Waals surface area (Å²) in [7, 11) is -9.89. The Bertz CT molecular complexity index is 1680. The fraction of sp³-hybridized carbons (Fsp3) is 0.0500.